The Morgan fingerprint density at radius 1 is 1.33 bits per heavy atom. The number of carbonyl (C=O) groups is 2. The van der Waals surface area contributed by atoms with Crippen molar-refractivity contribution in [2.75, 3.05) is 13.7 Å². The molecule has 1 aromatic heterocycles. The minimum Gasteiger partial charge on any atom is -0.497 e. The van der Waals surface area contributed by atoms with E-state index in [0.29, 0.717) is 22.9 Å². The van der Waals surface area contributed by atoms with Crippen molar-refractivity contribution in [3.8, 4) is 5.75 Å². The number of fused-ring (bicyclic) bond motifs is 1. The van der Waals surface area contributed by atoms with Gasteiger partial charge in [0.15, 0.2) is 5.78 Å². The summed E-state index contributed by atoms with van der Waals surface area (Å²) in [5, 5.41) is 11.0. The number of methoxy groups -OCH3 is 1. The maximum Gasteiger partial charge on any atom is 0.242 e. The molecule has 0 radical (unpaired) electrons. The van der Waals surface area contributed by atoms with Gasteiger partial charge in [-0.3, -0.25) is 14.8 Å². The van der Waals surface area contributed by atoms with Crippen molar-refractivity contribution < 1.29 is 19.5 Å². The molecule has 2 N–H and O–H groups in total. The molecular weight excluding hydrogens is 272 g/mol. The molecule has 0 fully saturated rings. The first-order valence-electron chi connectivity index (χ1n) is 6.60. The number of Topliss-reactive ketones (excluding diaryl/α,β-unsaturated/α-hetero) is 1. The molecule has 112 valence electrons. The number of hydrogen-bond acceptors (Lipinski definition) is 4. The van der Waals surface area contributed by atoms with Crippen LogP contribution in [0.15, 0.2) is 18.2 Å². The van der Waals surface area contributed by atoms with Gasteiger partial charge in [0.1, 0.15) is 5.75 Å². The Kier molecular flexibility index (Phi) is 4.28. The Morgan fingerprint density at radius 2 is 2.05 bits per heavy atom. The lowest BCUT2D eigenvalue weighted by Gasteiger charge is -2.12. The Hall–Kier alpha value is -2.34. The third-order valence-corrected chi connectivity index (χ3v) is 3.40. The van der Waals surface area contributed by atoms with Gasteiger partial charge in [-0.05, 0) is 24.1 Å². The molecule has 6 heteroatoms. The average molecular weight is 290 g/mol. The minimum atomic E-state index is -0.430. The van der Waals surface area contributed by atoms with Crippen LogP contribution in [0.2, 0.25) is 0 Å². The molecule has 6 nitrogen and oxygen atoms in total. The average Bonchev–Trinajstić information content (AvgIpc) is 2.82. The summed E-state index contributed by atoms with van der Waals surface area (Å²) < 4.78 is 5.16. The lowest BCUT2D eigenvalue weighted by atomic mass is 10.1. The van der Waals surface area contributed by atoms with Crippen molar-refractivity contribution >= 4 is 22.6 Å². The Balaban J connectivity index is 2.41. The number of carbonyl (C=O) groups excluding carboxylic acids is 2. The molecule has 0 aliphatic rings. The van der Waals surface area contributed by atoms with E-state index in [1.807, 2.05) is 18.2 Å². The van der Waals surface area contributed by atoms with Crippen LogP contribution in [0.5, 0.6) is 5.75 Å². The molecule has 0 aliphatic carbocycles. The highest BCUT2D eigenvalue weighted by Crippen LogP contribution is 2.27. The van der Waals surface area contributed by atoms with E-state index in [-0.39, 0.29) is 12.3 Å². The molecule has 0 aliphatic heterocycles. The number of amides is 1. The van der Waals surface area contributed by atoms with E-state index in [2.05, 4.69) is 4.98 Å². The summed E-state index contributed by atoms with van der Waals surface area (Å²) in [5.74, 6) is 0.172. The number of rotatable bonds is 5. The van der Waals surface area contributed by atoms with Gasteiger partial charge in [-0.1, -0.05) is 0 Å². The Morgan fingerprint density at radius 3 is 2.62 bits per heavy atom. The second kappa shape index (κ2) is 5.97. The molecular formula is C15H18N2O4. The van der Waals surface area contributed by atoms with Crippen molar-refractivity contribution in [2.45, 2.75) is 20.3 Å². The van der Waals surface area contributed by atoms with Crippen LogP contribution in [0, 0.1) is 0 Å². The van der Waals surface area contributed by atoms with Crippen molar-refractivity contribution in [2.24, 2.45) is 0 Å². The maximum absolute atomic E-state index is 11.8. The number of nitrogens with zero attached hydrogens (tertiary/aromatic N) is 1. The molecule has 0 unspecified atom stereocenters. The van der Waals surface area contributed by atoms with E-state index in [0.717, 1.165) is 16.5 Å². The van der Waals surface area contributed by atoms with Gasteiger partial charge in [0.25, 0.3) is 0 Å². The fourth-order valence-electron chi connectivity index (χ4n) is 2.30. The van der Waals surface area contributed by atoms with Crippen LogP contribution in [0.25, 0.3) is 10.9 Å². The number of benzene rings is 1. The number of nitrogens with one attached hydrogen (secondary N) is 1. The zero-order chi connectivity index (χ0) is 15.6. The van der Waals surface area contributed by atoms with Gasteiger partial charge < -0.3 is 9.72 Å². The highest BCUT2D eigenvalue weighted by atomic mass is 16.5. The second-order valence-corrected chi connectivity index (χ2v) is 4.84. The number of hydroxylamine groups is 2. The molecule has 0 saturated heterocycles. The van der Waals surface area contributed by atoms with E-state index in [1.54, 1.807) is 7.11 Å². The van der Waals surface area contributed by atoms with Gasteiger partial charge in [0.2, 0.25) is 5.91 Å². The van der Waals surface area contributed by atoms with Gasteiger partial charge >= 0.3 is 0 Å². The van der Waals surface area contributed by atoms with Crippen LogP contribution in [-0.2, 0) is 11.2 Å². The van der Waals surface area contributed by atoms with Crippen LogP contribution in [-0.4, -0.2) is 40.6 Å². The summed E-state index contributed by atoms with van der Waals surface area (Å²) in [5.41, 5.74) is 2.08. The van der Waals surface area contributed by atoms with E-state index >= 15 is 0 Å². The van der Waals surface area contributed by atoms with Gasteiger partial charge in [0, 0.05) is 30.8 Å². The maximum atomic E-state index is 11.8. The van der Waals surface area contributed by atoms with Crippen LogP contribution >= 0.6 is 0 Å². The van der Waals surface area contributed by atoms with Gasteiger partial charge in [-0.15, -0.1) is 0 Å². The highest BCUT2D eigenvalue weighted by Gasteiger charge is 2.16. The molecule has 2 rings (SSSR count). The zero-order valence-corrected chi connectivity index (χ0v) is 12.3. The first kappa shape index (κ1) is 15.1. The molecule has 1 heterocycles. The SMILES string of the molecule is COc1ccc2c(CCN(O)C(C)=O)c(C(C)=O)[nH]c2c1. The predicted molar refractivity (Wildman–Crippen MR) is 77.7 cm³/mol. The quantitative estimate of drug-likeness (QED) is 0.502. The largest absolute Gasteiger partial charge is 0.497 e. The van der Waals surface area contributed by atoms with E-state index in [4.69, 9.17) is 4.74 Å². The molecule has 0 atom stereocenters. The first-order valence-corrected chi connectivity index (χ1v) is 6.60. The van der Waals surface area contributed by atoms with Gasteiger partial charge in [0.05, 0.1) is 19.3 Å². The number of aromatic amines is 1. The summed E-state index contributed by atoms with van der Waals surface area (Å²) in [6.07, 6.45) is 0.386. The van der Waals surface area contributed by atoms with Crippen LogP contribution < -0.4 is 4.74 Å². The fraction of sp³-hybridized carbons (Fsp3) is 0.333. The predicted octanol–water partition coefficient (Wildman–Crippen LogP) is 2.16. The number of H-pyrrole nitrogens is 1. The second-order valence-electron chi connectivity index (χ2n) is 4.84. The molecule has 21 heavy (non-hydrogen) atoms. The Bertz CT molecular complexity index is 690. The van der Waals surface area contributed by atoms with Crippen molar-refractivity contribution in [1.29, 1.82) is 0 Å². The standard InChI is InChI=1S/C15H18N2O4/c1-9(18)15-13(6-7-17(20)10(2)19)12-5-4-11(21-3)8-14(12)16-15/h4-5,8,16,20H,6-7H2,1-3H3. The first-order chi connectivity index (χ1) is 9.93. The summed E-state index contributed by atoms with van der Waals surface area (Å²) in [7, 11) is 1.58. The van der Waals surface area contributed by atoms with Gasteiger partial charge in [-0.2, -0.15) is 0 Å². The monoisotopic (exact) mass is 290 g/mol. The van der Waals surface area contributed by atoms with E-state index < -0.39 is 5.91 Å². The Labute approximate surface area is 122 Å². The number of aromatic nitrogens is 1. The molecule has 2 aromatic rings. The van der Waals surface area contributed by atoms with Gasteiger partial charge in [-0.25, -0.2) is 5.06 Å². The van der Waals surface area contributed by atoms with Crippen LogP contribution in [0.3, 0.4) is 0 Å². The van der Waals surface area contributed by atoms with E-state index in [1.165, 1.54) is 13.8 Å². The summed E-state index contributed by atoms with van der Waals surface area (Å²) in [4.78, 5) is 25.9. The third-order valence-electron chi connectivity index (χ3n) is 3.40. The minimum absolute atomic E-state index is 0.0903. The third kappa shape index (κ3) is 3.05. The lowest BCUT2D eigenvalue weighted by Crippen LogP contribution is -2.27. The molecule has 1 aromatic carbocycles. The van der Waals surface area contributed by atoms with Crippen molar-refractivity contribution in [3.05, 3.63) is 29.5 Å². The fourth-order valence-corrected chi connectivity index (χ4v) is 2.30. The van der Waals surface area contributed by atoms with Crippen LogP contribution in [0.4, 0.5) is 0 Å². The topological polar surface area (TPSA) is 82.6 Å². The lowest BCUT2D eigenvalue weighted by molar-refractivity contribution is -0.162. The molecule has 0 bridgehead atoms. The number of hydrogen-bond donors (Lipinski definition) is 2. The van der Waals surface area contributed by atoms with Crippen LogP contribution in [0.1, 0.15) is 29.9 Å². The summed E-state index contributed by atoms with van der Waals surface area (Å²) >= 11 is 0. The number of ketones is 1. The normalized spacial score (nSPS) is 10.7. The van der Waals surface area contributed by atoms with Crippen molar-refractivity contribution in [1.82, 2.24) is 10.0 Å². The van der Waals surface area contributed by atoms with E-state index in [9.17, 15) is 14.8 Å². The summed E-state index contributed by atoms with van der Waals surface area (Å²) in [6, 6.07) is 5.49. The van der Waals surface area contributed by atoms with Crippen molar-refractivity contribution in [3.63, 3.8) is 0 Å². The zero-order valence-electron chi connectivity index (χ0n) is 12.3. The highest BCUT2D eigenvalue weighted by molar-refractivity contribution is 6.01. The molecule has 0 saturated carbocycles. The smallest absolute Gasteiger partial charge is 0.242 e. The molecule has 1 amide bonds. The molecule has 0 spiro atoms. The number of ether oxygens (including phenoxy) is 1. The summed E-state index contributed by atoms with van der Waals surface area (Å²) in [6.45, 7) is 2.90.